The molecular weight excluding hydrogens is 202 g/mol. The molecule has 1 heterocycles. The van der Waals surface area contributed by atoms with Crippen LogP contribution in [0.25, 0.3) is 0 Å². The number of nitrogens with zero attached hydrogens (tertiary/aromatic N) is 2. The molecular formula is C8H11N3O2S. The predicted molar refractivity (Wildman–Crippen MR) is 56.3 cm³/mol. The molecule has 0 saturated carbocycles. The van der Waals surface area contributed by atoms with Crippen LogP contribution in [0.5, 0.6) is 0 Å². The standard InChI is InChI=1S/C8H11N3O2S/c1-5(2)14-8-6(11(12)13)3-4-7(9)10-8/h3-5H,1-2H3,(H2,9,10). The molecule has 0 aromatic carbocycles. The highest BCUT2D eigenvalue weighted by atomic mass is 32.2. The van der Waals surface area contributed by atoms with Crippen molar-refractivity contribution in [3.8, 4) is 0 Å². The van der Waals surface area contributed by atoms with Crippen LogP contribution in [0.1, 0.15) is 13.8 Å². The number of nitrogen functional groups attached to an aromatic ring is 1. The maximum Gasteiger partial charge on any atom is 0.301 e. The molecule has 0 bridgehead atoms. The lowest BCUT2D eigenvalue weighted by molar-refractivity contribution is -0.388. The van der Waals surface area contributed by atoms with E-state index in [1.807, 2.05) is 13.8 Å². The Morgan fingerprint density at radius 2 is 2.21 bits per heavy atom. The van der Waals surface area contributed by atoms with Gasteiger partial charge in [-0.2, -0.15) is 0 Å². The quantitative estimate of drug-likeness (QED) is 0.472. The lowest BCUT2D eigenvalue weighted by Crippen LogP contribution is -1.99. The molecule has 0 spiro atoms. The second-order valence-electron chi connectivity index (χ2n) is 2.98. The maximum atomic E-state index is 10.6. The van der Waals surface area contributed by atoms with Gasteiger partial charge in [0.05, 0.1) is 4.92 Å². The molecule has 6 heteroatoms. The van der Waals surface area contributed by atoms with Crippen LogP contribution in [0, 0.1) is 10.1 Å². The average molecular weight is 213 g/mol. The first-order valence-electron chi connectivity index (χ1n) is 4.08. The van der Waals surface area contributed by atoms with Gasteiger partial charge in [-0.05, 0) is 6.07 Å². The number of hydrogen-bond donors (Lipinski definition) is 1. The summed E-state index contributed by atoms with van der Waals surface area (Å²) in [5.74, 6) is 0.304. The fourth-order valence-corrected chi connectivity index (χ4v) is 1.76. The molecule has 0 aliphatic rings. The van der Waals surface area contributed by atoms with Crippen molar-refractivity contribution in [1.82, 2.24) is 4.98 Å². The largest absolute Gasteiger partial charge is 0.384 e. The lowest BCUT2D eigenvalue weighted by atomic mass is 10.4. The van der Waals surface area contributed by atoms with E-state index in [1.165, 1.54) is 23.9 Å². The first-order valence-corrected chi connectivity index (χ1v) is 4.96. The van der Waals surface area contributed by atoms with Gasteiger partial charge < -0.3 is 5.73 Å². The monoisotopic (exact) mass is 213 g/mol. The van der Waals surface area contributed by atoms with Crippen molar-refractivity contribution >= 4 is 23.3 Å². The van der Waals surface area contributed by atoms with Crippen molar-refractivity contribution in [2.75, 3.05) is 5.73 Å². The van der Waals surface area contributed by atoms with Crippen LogP contribution in [0.3, 0.4) is 0 Å². The third-order valence-electron chi connectivity index (χ3n) is 1.41. The van der Waals surface area contributed by atoms with Gasteiger partial charge in [-0.1, -0.05) is 25.6 Å². The van der Waals surface area contributed by atoms with Gasteiger partial charge >= 0.3 is 5.69 Å². The second-order valence-corrected chi connectivity index (χ2v) is 4.55. The Labute approximate surface area is 85.9 Å². The SMILES string of the molecule is CC(C)Sc1nc(N)ccc1[N+](=O)[O-]. The van der Waals surface area contributed by atoms with Crippen molar-refractivity contribution in [1.29, 1.82) is 0 Å². The van der Waals surface area contributed by atoms with Crippen LogP contribution in [0.15, 0.2) is 17.2 Å². The number of nitrogens with two attached hydrogens (primary N) is 1. The van der Waals surface area contributed by atoms with E-state index in [4.69, 9.17) is 5.73 Å². The van der Waals surface area contributed by atoms with Gasteiger partial charge in [0.2, 0.25) is 0 Å². The number of hydrogen-bond acceptors (Lipinski definition) is 5. The minimum Gasteiger partial charge on any atom is -0.384 e. The molecule has 14 heavy (non-hydrogen) atoms. The molecule has 0 amide bonds. The Hall–Kier alpha value is -1.30. The van der Waals surface area contributed by atoms with Gasteiger partial charge in [0, 0.05) is 11.3 Å². The number of pyridine rings is 1. The fraction of sp³-hybridized carbons (Fsp3) is 0.375. The van der Waals surface area contributed by atoms with E-state index in [0.29, 0.717) is 10.8 Å². The van der Waals surface area contributed by atoms with E-state index in [1.54, 1.807) is 0 Å². The third kappa shape index (κ3) is 2.59. The van der Waals surface area contributed by atoms with E-state index in [2.05, 4.69) is 4.98 Å². The zero-order valence-corrected chi connectivity index (χ0v) is 8.75. The van der Waals surface area contributed by atoms with Crippen molar-refractivity contribution in [3.63, 3.8) is 0 Å². The minimum atomic E-state index is -0.447. The van der Waals surface area contributed by atoms with Crippen LogP contribution in [-0.2, 0) is 0 Å². The summed E-state index contributed by atoms with van der Waals surface area (Å²) >= 11 is 1.33. The third-order valence-corrected chi connectivity index (χ3v) is 2.40. The van der Waals surface area contributed by atoms with E-state index in [0.717, 1.165) is 0 Å². The highest BCUT2D eigenvalue weighted by molar-refractivity contribution is 7.99. The molecule has 0 aliphatic heterocycles. The number of anilines is 1. The summed E-state index contributed by atoms with van der Waals surface area (Å²) in [6.07, 6.45) is 0. The molecule has 0 unspecified atom stereocenters. The van der Waals surface area contributed by atoms with Crippen molar-refractivity contribution < 1.29 is 4.92 Å². The summed E-state index contributed by atoms with van der Waals surface area (Å²) in [7, 11) is 0. The summed E-state index contributed by atoms with van der Waals surface area (Å²) in [6, 6.07) is 2.82. The molecule has 0 atom stereocenters. The molecule has 1 aromatic heterocycles. The van der Waals surface area contributed by atoms with Crippen molar-refractivity contribution in [2.24, 2.45) is 0 Å². The van der Waals surface area contributed by atoms with Crippen molar-refractivity contribution in [3.05, 3.63) is 22.2 Å². The number of thioether (sulfide) groups is 1. The van der Waals surface area contributed by atoms with Gasteiger partial charge in [0.25, 0.3) is 0 Å². The van der Waals surface area contributed by atoms with Crippen molar-refractivity contribution in [2.45, 2.75) is 24.1 Å². The van der Waals surface area contributed by atoms with Crippen LogP contribution in [0.4, 0.5) is 11.5 Å². The van der Waals surface area contributed by atoms with Gasteiger partial charge in [-0.3, -0.25) is 10.1 Å². The topological polar surface area (TPSA) is 82.0 Å². The summed E-state index contributed by atoms with van der Waals surface area (Å²) < 4.78 is 0. The molecule has 0 saturated heterocycles. The zero-order valence-electron chi connectivity index (χ0n) is 7.93. The molecule has 0 fully saturated rings. The zero-order chi connectivity index (χ0) is 10.7. The van der Waals surface area contributed by atoms with Gasteiger partial charge in [-0.25, -0.2) is 4.98 Å². The Morgan fingerprint density at radius 3 is 2.71 bits per heavy atom. The first kappa shape index (κ1) is 10.8. The van der Waals surface area contributed by atoms with Gasteiger partial charge in [0.15, 0.2) is 5.03 Å². The summed E-state index contributed by atoms with van der Waals surface area (Å²) in [4.78, 5) is 14.1. The summed E-state index contributed by atoms with van der Waals surface area (Å²) in [5, 5.41) is 11.2. The minimum absolute atomic E-state index is 0.0119. The van der Waals surface area contributed by atoms with E-state index in [-0.39, 0.29) is 10.9 Å². The molecule has 76 valence electrons. The molecule has 1 rings (SSSR count). The average Bonchev–Trinajstić information content (AvgIpc) is 2.01. The van der Waals surface area contributed by atoms with Gasteiger partial charge in [-0.15, -0.1) is 0 Å². The van der Waals surface area contributed by atoms with Crippen LogP contribution >= 0.6 is 11.8 Å². The molecule has 1 aromatic rings. The smallest absolute Gasteiger partial charge is 0.301 e. The highest BCUT2D eigenvalue weighted by Crippen LogP contribution is 2.30. The van der Waals surface area contributed by atoms with Crippen LogP contribution < -0.4 is 5.73 Å². The number of aromatic nitrogens is 1. The van der Waals surface area contributed by atoms with E-state index < -0.39 is 4.92 Å². The molecule has 0 radical (unpaired) electrons. The first-order chi connectivity index (χ1) is 6.50. The lowest BCUT2D eigenvalue weighted by Gasteiger charge is -2.04. The summed E-state index contributed by atoms with van der Waals surface area (Å²) in [6.45, 7) is 3.89. The number of rotatable bonds is 3. The van der Waals surface area contributed by atoms with Crippen LogP contribution in [0.2, 0.25) is 0 Å². The second kappa shape index (κ2) is 4.28. The highest BCUT2D eigenvalue weighted by Gasteiger charge is 2.16. The molecule has 5 nitrogen and oxygen atoms in total. The Bertz CT molecular complexity index is 354. The fourth-order valence-electron chi connectivity index (χ4n) is 0.896. The normalized spacial score (nSPS) is 10.5. The Morgan fingerprint density at radius 1 is 1.57 bits per heavy atom. The summed E-state index contributed by atoms with van der Waals surface area (Å²) in [5.41, 5.74) is 5.47. The van der Waals surface area contributed by atoms with Crippen LogP contribution in [-0.4, -0.2) is 15.2 Å². The molecule has 2 N–H and O–H groups in total. The molecule has 0 aliphatic carbocycles. The Balaban J connectivity index is 3.09. The van der Waals surface area contributed by atoms with E-state index in [9.17, 15) is 10.1 Å². The van der Waals surface area contributed by atoms with E-state index >= 15 is 0 Å². The number of nitro groups is 1. The van der Waals surface area contributed by atoms with Gasteiger partial charge in [0.1, 0.15) is 5.82 Å². The Kier molecular flexibility index (Phi) is 3.29. The predicted octanol–water partition coefficient (Wildman–Crippen LogP) is 2.07. The maximum absolute atomic E-state index is 10.6.